The van der Waals surface area contributed by atoms with E-state index in [0.29, 0.717) is 6.54 Å². The molecule has 0 saturated carbocycles. The smallest absolute Gasteiger partial charge is 0.194 e. The van der Waals surface area contributed by atoms with Crippen LogP contribution in [-0.4, -0.2) is 31.6 Å². The van der Waals surface area contributed by atoms with Crippen LogP contribution in [0.25, 0.3) is 0 Å². The Kier molecular flexibility index (Phi) is 6.27. The SMILES string of the molecule is CCNC(=NCc1cccs1)N(C)Cc1ccccc1OC. The lowest BCUT2D eigenvalue weighted by Crippen LogP contribution is -2.38. The fraction of sp³-hybridized carbons (Fsp3) is 0.353. The number of hydrogen-bond acceptors (Lipinski definition) is 3. The zero-order valence-corrected chi connectivity index (χ0v) is 14.2. The average molecular weight is 317 g/mol. The van der Waals surface area contributed by atoms with Gasteiger partial charge in [0.15, 0.2) is 5.96 Å². The molecular formula is C17H23N3OS. The number of benzene rings is 1. The summed E-state index contributed by atoms with van der Waals surface area (Å²) in [4.78, 5) is 8.09. The second-order valence-electron chi connectivity index (χ2n) is 4.92. The molecule has 0 bridgehead atoms. The molecule has 22 heavy (non-hydrogen) atoms. The van der Waals surface area contributed by atoms with Crippen molar-refractivity contribution in [2.75, 3.05) is 20.7 Å². The molecule has 2 aromatic rings. The largest absolute Gasteiger partial charge is 0.496 e. The second-order valence-corrected chi connectivity index (χ2v) is 5.95. The minimum Gasteiger partial charge on any atom is -0.496 e. The van der Waals surface area contributed by atoms with Crippen LogP contribution >= 0.6 is 11.3 Å². The molecule has 0 saturated heterocycles. The lowest BCUT2D eigenvalue weighted by atomic mass is 10.2. The van der Waals surface area contributed by atoms with Crippen LogP contribution in [0, 0.1) is 0 Å². The van der Waals surface area contributed by atoms with Crippen molar-refractivity contribution in [1.82, 2.24) is 10.2 Å². The molecule has 0 aliphatic heterocycles. The molecule has 0 atom stereocenters. The number of thiophene rings is 1. The third-order valence-corrected chi connectivity index (χ3v) is 4.12. The number of methoxy groups -OCH3 is 1. The Morgan fingerprint density at radius 2 is 2.09 bits per heavy atom. The van der Waals surface area contributed by atoms with E-state index in [4.69, 9.17) is 9.73 Å². The van der Waals surface area contributed by atoms with E-state index in [9.17, 15) is 0 Å². The maximum absolute atomic E-state index is 5.42. The van der Waals surface area contributed by atoms with Gasteiger partial charge in [-0.05, 0) is 24.4 Å². The third kappa shape index (κ3) is 4.49. The molecule has 1 aromatic heterocycles. The van der Waals surface area contributed by atoms with Crippen LogP contribution in [0.5, 0.6) is 5.75 Å². The first-order valence-electron chi connectivity index (χ1n) is 7.38. The van der Waals surface area contributed by atoms with E-state index in [1.54, 1.807) is 18.4 Å². The Morgan fingerprint density at radius 3 is 2.77 bits per heavy atom. The highest BCUT2D eigenvalue weighted by atomic mass is 32.1. The van der Waals surface area contributed by atoms with Gasteiger partial charge in [0.1, 0.15) is 5.75 Å². The maximum Gasteiger partial charge on any atom is 0.194 e. The quantitative estimate of drug-likeness (QED) is 0.656. The van der Waals surface area contributed by atoms with Gasteiger partial charge >= 0.3 is 0 Å². The number of nitrogens with one attached hydrogen (secondary N) is 1. The molecule has 1 aromatic carbocycles. The zero-order valence-electron chi connectivity index (χ0n) is 13.4. The number of ether oxygens (including phenoxy) is 1. The summed E-state index contributed by atoms with van der Waals surface area (Å²) in [6, 6.07) is 12.2. The highest BCUT2D eigenvalue weighted by molar-refractivity contribution is 7.09. The first-order chi connectivity index (χ1) is 10.7. The van der Waals surface area contributed by atoms with Crippen LogP contribution in [0.3, 0.4) is 0 Å². The maximum atomic E-state index is 5.42. The van der Waals surface area contributed by atoms with E-state index >= 15 is 0 Å². The molecule has 4 nitrogen and oxygen atoms in total. The van der Waals surface area contributed by atoms with Gasteiger partial charge in [0.25, 0.3) is 0 Å². The van der Waals surface area contributed by atoms with Crippen LogP contribution in [0.2, 0.25) is 0 Å². The molecule has 1 N–H and O–H groups in total. The molecule has 0 spiro atoms. The average Bonchev–Trinajstić information content (AvgIpc) is 3.05. The van der Waals surface area contributed by atoms with Crippen molar-refractivity contribution in [2.45, 2.75) is 20.0 Å². The molecule has 0 aliphatic rings. The lowest BCUT2D eigenvalue weighted by molar-refractivity contribution is 0.396. The number of para-hydroxylation sites is 1. The fourth-order valence-electron chi connectivity index (χ4n) is 2.19. The van der Waals surface area contributed by atoms with Gasteiger partial charge in [-0.1, -0.05) is 24.3 Å². The Labute approximate surface area is 136 Å². The predicted octanol–water partition coefficient (Wildman–Crippen LogP) is 3.35. The monoisotopic (exact) mass is 317 g/mol. The minimum atomic E-state index is 0.705. The van der Waals surface area contributed by atoms with Gasteiger partial charge in [0.2, 0.25) is 0 Å². The van der Waals surface area contributed by atoms with Crippen molar-refractivity contribution >= 4 is 17.3 Å². The number of aliphatic imine (C=N–C) groups is 1. The van der Waals surface area contributed by atoms with Crippen molar-refractivity contribution in [2.24, 2.45) is 4.99 Å². The third-order valence-electron chi connectivity index (χ3n) is 3.26. The van der Waals surface area contributed by atoms with Gasteiger partial charge in [0, 0.05) is 30.6 Å². The van der Waals surface area contributed by atoms with Gasteiger partial charge in [-0.15, -0.1) is 11.3 Å². The van der Waals surface area contributed by atoms with Crippen molar-refractivity contribution in [3.8, 4) is 5.75 Å². The predicted molar refractivity (Wildman–Crippen MR) is 93.6 cm³/mol. The molecule has 5 heteroatoms. The first-order valence-corrected chi connectivity index (χ1v) is 8.26. The van der Waals surface area contributed by atoms with Crippen LogP contribution in [0.15, 0.2) is 46.8 Å². The number of nitrogens with zero attached hydrogens (tertiary/aromatic N) is 2. The molecule has 2 rings (SSSR count). The zero-order chi connectivity index (χ0) is 15.8. The summed E-state index contributed by atoms with van der Waals surface area (Å²) in [6.45, 7) is 4.38. The van der Waals surface area contributed by atoms with Gasteiger partial charge < -0.3 is 15.0 Å². The summed E-state index contributed by atoms with van der Waals surface area (Å²) in [7, 11) is 3.75. The van der Waals surface area contributed by atoms with Crippen LogP contribution in [-0.2, 0) is 13.1 Å². The Bertz CT molecular complexity index is 596. The fourth-order valence-corrected chi connectivity index (χ4v) is 2.82. The number of hydrogen-bond donors (Lipinski definition) is 1. The molecule has 0 unspecified atom stereocenters. The van der Waals surface area contributed by atoms with Crippen LogP contribution < -0.4 is 10.1 Å². The summed E-state index contributed by atoms with van der Waals surface area (Å²) >= 11 is 1.73. The summed E-state index contributed by atoms with van der Waals surface area (Å²) < 4.78 is 5.42. The molecule has 0 aliphatic carbocycles. The van der Waals surface area contributed by atoms with E-state index in [1.807, 2.05) is 25.2 Å². The first kappa shape index (κ1) is 16.4. The molecular weight excluding hydrogens is 294 g/mol. The van der Waals surface area contributed by atoms with Crippen molar-refractivity contribution < 1.29 is 4.74 Å². The molecule has 1 heterocycles. The summed E-state index contributed by atoms with van der Waals surface area (Å²) in [5.41, 5.74) is 1.15. The second kappa shape index (κ2) is 8.44. The van der Waals surface area contributed by atoms with E-state index in [2.05, 4.69) is 40.7 Å². The summed E-state index contributed by atoms with van der Waals surface area (Å²) in [6.07, 6.45) is 0. The van der Waals surface area contributed by atoms with E-state index < -0.39 is 0 Å². The number of guanidine groups is 1. The molecule has 0 fully saturated rings. The lowest BCUT2D eigenvalue weighted by Gasteiger charge is -2.23. The van der Waals surface area contributed by atoms with Crippen molar-refractivity contribution in [3.05, 3.63) is 52.2 Å². The van der Waals surface area contributed by atoms with Gasteiger partial charge in [0.05, 0.1) is 13.7 Å². The van der Waals surface area contributed by atoms with Crippen LogP contribution in [0.1, 0.15) is 17.4 Å². The Morgan fingerprint density at radius 1 is 1.27 bits per heavy atom. The molecule has 0 radical (unpaired) electrons. The molecule has 0 amide bonds. The van der Waals surface area contributed by atoms with E-state index in [-0.39, 0.29) is 0 Å². The highest BCUT2D eigenvalue weighted by Gasteiger charge is 2.09. The van der Waals surface area contributed by atoms with Crippen molar-refractivity contribution in [3.63, 3.8) is 0 Å². The van der Waals surface area contributed by atoms with Crippen LogP contribution in [0.4, 0.5) is 0 Å². The summed E-state index contributed by atoms with van der Waals surface area (Å²) in [5, 5.41) is 5.42. The highest BCUT2D eigenvalue weighted by Crippen LogP contribution is 2.19. The summed E-state index contributed by atoms with van der Waals surface area (Å²) in [5.74, 6) is 1.81. The number of rotatable bonds is 6. The van der Waals surface area contributed by atoms with Gasteiger partial charge in [-0.3, -0.25) is 0 Å². The Balaban J connectivity index is 2.08. The van der Waals surface area contributed by atoms with E-state index in [1.165, 1.54) is 4.88 Å². The van der Waals surface area contributed by atoms with E-state index in [0.717, 1.165) is 30.4 Å². The topological polar surface area (TPSA) is 36.9 Å². The van der Waals surface area contributed by atoms with Gasteiger partial charge in [-0.2, -0.15) is 0 Å². The standard InChI is InChI=1S/C17H23N3OS/c1-4-18-17(19-12-15-9-7-11-22-15)20(2)13-14-8-5-6-10-16(14)21-3/h5-11H,4,12-13H2,1-3H3,(H,18,19). The minimum absolute atomic E-state index is 0.705. The normalized spacial score (nSPS) is 11.3. The Hall–Kier alpha value is -2.01. The molecule has 118 valence electrons. The van der Waals surface area contributed by atoms with Gasteiger partial charge in [-0.25, -0.2) is 4.99 Å². The van der Waals surface area contributed by atoms with Crippen molar-refractivity contribution in [1.29, 1.82) is 0 Å².